The zero-order chi connectivity index (χ0) is 25.7. The molecule has 2 aliphatic rings. The number of hydrogen-bond donors (Lipinski definition) is 2. The smallest absolute Gasteiger partial charge is 0.335 e. The third-order valence-corrected chi connectivity index (χ3v) is 9.67. The van der Waals surface area contributed by atoms with Gasteiger partial charge in [-0.25, -0.2) is 4.79 Å². The molecule has 186 valence electrons. The van der Waals surface area contributed by atoms with Crippen LogP contribution in [0.5, 0.6) is 0 Å². The fourth-order valence-electron chi connectivity index (χ4n) is 5.95. The summed E-state index contributed by atoms with van der Waals surface area (Å²) in [5, 5.41) is 26.9. The Hall–Kier alpha value is -3.55. The van der Waals surface area contributed by atoms with Crippen molar-refractivity contribution < 1.29 is 14.8 Å². The van der Waals surface area contributed by atoms with Crippen LogP contribution in [0.4, 0.5) is 11.4 Å². The molecular weight excluding hydrogens is 508 g/mol. The highest BCUT2D eigenvalue weighted by atomic mass is 35.5. The van der Waals surface area contributed by atoms with Crippen molar-refractivity contribution in [2.45, 2.75) is 33.9 Å². The van der Waals surface area contributed by atoms with E-state index in [1.807, 2.05) is 18.2 Å². The Morgan fingerprint density at radius 3 is 2.57 bits per heavy atom. The third kappa shape index (κ3) is 4.12. The zero-order valence-corrected chi connectivity index (χ0v) is 21.2. The number of rotatable bonds is 5. The molecule has 8 heteroatoms. The number of carbonyl (C=O) groups is 1. The second-order valence-corrected chi connectivity index (χ2v) is 11.3. The van der Waals surface area contributed by atoms with E-state index in [0.29, 0.717) is 4.90 Å². The predicted octanol–water partition coefficient (Wildman–Crippen LogP) is 7.48. The first kappa shape index (κ1) is 23.8. The lowest BCUT2D eigenvalue weighted by Crippen LogP contribution is -2.31. The molecule has 0 radical (unpaired) electrons. The summed E-state index contributed by atoms with van der Waals surface area (Å²) in [6.45, 7) is 0. The first-order valence-electron chi connectivity index (χ1n) is 12.1. The molecule has 0 aromatic heterocycles. The molecule has 1 aliphatic heterocycles. The maximum atomic E-state index is 11.8. The normalized spacial score (nSPS) is 24.2. The van der Waals surface area contributed by atoms with E-state index in [4.69, 9.17) is 11.6 Å². The highest BCUT2D eigenvalue weighted by molar-refractivity contribution is 8.00. The van der Waals surface area contributed by atoms with Gasteiger partial charge in [0.05, 0.1) is 26.8 Å². The topological polar surface area (TPSA) is 92.5 Å². The first-order chi connectivity index (χ1) is 17.9. The molecule has 37 heavy (non-hydrogen) atoms. The van der Waals surface area contributed by atoms with Crippen LogP contribution in [0.25, 0.3) is 10.8 Å². The number of nitro groups is 1. The number of para-hydroxylation sites is 1. The molecule has 1 aliphatic carbocycles. The maximum absolute atomic E-state index is 11.8. The molecule has 6 nitrogen and oxygen atoms in total. The fourth-order valence-corrected chi connectivity index (χ4v) is 7.89. The monoisotopic (exact) mass is 530 g/mol. The number of benzene rings is 4. The lowest BCUT2D eigenvalue weighted by Gasteiger charge is -2.39. The average Bonchev–Trinajstić information content (AvgIpc) is 3.23. The molecule has 0 spiro atoms. The quantitative estimate of drug-likeness (QED) is 0.158. The van der Waals surface area contributed by atoms with Crippen LogP contribution >= 0.6 is 23.4 Å². The first-order valence-corrected chi connectivity index (χ1v) is 13.4. The molecule has 0 amide bonds. The standard InChI is InChI=1S/C29H23ClN2O4S/c30-27-25(37-24-11-4-3-10-23(24)32(35)36)15-21-26(27)20-14-17(29(33)34)12-13-22(20)31-28(21)19-9-5-7-16-6-1-2-8-18(16)19/h1-14,21,25-28,31H,15H2,(H,33,34)/t21-,25-,26+,27-,28+/m1/s1. The van der Waals surface area contributed by atoms with Crippen LogP contribution in [0.15, 0.2) is 89.8 Å². The molecule has 1 heterocycles. The number of thioether (sulfide) groups is 1. The average molecular weight is 531 g/mol. The van der Waals surface area contributed by atoms with Gasteiger partial charge in [0.15, 0.2) is 0 Å². The number of alkyl halides is 1. The van der Waals surface area contributed by atoms with Gasteiger partial charge in [-0.05, 0) is 58.5 Å². The molecule has 4 aromatic rings. The van der Waals surface area contributed by atoms with Gasteiger partial charge < -0.3 is 10.4 Å². The maximum Gasteiger partial charge on any atom is 0.335 e. The molecule has 0 saturated heterocycles. The van der Waals surface area contributed by atoms with E-state index in [-0.39, 0.29) is 44.7 Å². The van der Waals surface area contributed by atoms with Crippen molar-refractivity contribution in [3.8, 4) is 0 Å². The van der Waals surface area contributed by atoms with Gasteiger partial charge in [-0.1, -0.05) is 54.6 Å². The minimum atomic E-state index is -0.981. The number of nitrogens with zero attached hydrogens (tertiary/aromatic N) is 1. The van der Waals surface area contributed by atoms with Gasteiger partial charge in [0.25, 0.3) is 5.69 Å². The summed E-state index contributed by atoms with van der Waals surface area (Å²) in [5.74, 6) is -1.02. The Morgan fingerprint density at radius 2 is 1.76 bits per heavy atom. The SMILES string of the molecule is O=C(O)c1ccc2c(c1)[C@@H]1[C@H](Cl)[C@H](Sc3ccccc3[N+](=O)[O-])C[C@H]1[C@H](c1cccc3ccccc13)N2. The van der Waals surface area contributed by atoms with E-state index in [1.165, 1.54) is 23.4 Å². The summed E-state index contributed by atoms with van der Waals surface area (Å²) in [6, 6.07) is 26.5. The Balaban J connectivity index is 1.46. The van der Waals surface area contributed by atoms with E-state index < -0.39 is 5.97 Å². The Morgan fingerprint density at radius 1 is 1.00 bits per heavy atom. The second-order valence-electron chi connectivity index (χ2n) is 9.55. The van der Waals surface area contributed by atoms with Crippen LogP contribution < -0.4 is 5.32 Å². The van der Waals surface area contributed by atoms with E-state index in [9.17, 15) is 20.0 Å². The largest absolute Gasteiger partial charge is 0.478 e. The van der Waals surface area contributed by atoms with Crippen LogP contribution in [0.1, 0.15) is 39.9 Å². The molecule has 2 N–H and O–H groups in total. The van der Waals surface area contributed by atoms with Gasteiger partial charge in [-0.2, -0.15) is 0 Å². The third-order valence-electron chi connectivity index (χ3n) is 7.56. The van der Waals surface area contributed by atoms with E-state index in [2.05, 4.69) is 35.6 Å². The summed E-state index contributed by atoms with van der Waals surface area (Å²) < 4.78 is 0. The van der Waals surface area contributed by atoms with Crippen LogP contribution in [-0.2, 0) is 0 Å². The van der Waals surface area contributed by atoms with Gasteiger partial charge in [-0.15, -0.1) is 23.4 Å². The van der Waals surface area contributed by atoms with Crippen LogP contribution in [0, 0.1) is 16.0 Å². The molecule has 6 rings (SSSR count). The minimum Gasteiger partial charge on any atom is -0.478 e. The van der Waals surface area contributed by atoms with Gasteiger partial charge in [-0.3, -0.25) is 10.1 Å². The summed E-state index contributed by atoms with van der Waals surface area (Å²) in [7, 11) is 0. The number of halogens is 1. The fraction of sp³-hybridized carbons (Fsp3) is 0.207. The highest BCUT2D eigenvalue weighted by Crippen LogP contribution is 2.58. The molecule has 0 bridgehead atoms. The van der Waals surface area contributed by atoms with E-state index >= 15 is 0 Å². The lowest BCUT2D eigenvalue weighted by molar-refractivity contribution is -0.387. The highest BCUT2D eigenvalue weighted by Gasteiger charge is 2.50. The van der Waals surface area contributed by atoms with E-state index in [1.54, 1.807) is 30.3 Å². The molecule has 4 aromatic carbocycles. The van der Waals surface area contributed by atoms with Crippen LogP contribution in [0.2, 0.25) is 0 Å². The zero-order valence-electron chi connectivity index (χ0n) is 19.6. The van der Waals surface area contributed by atoms with Crippen molar-refractivity contribution in [2.75, 3.05) is 5.32 Å². The number of aromatic carboxylic acids is 1. The predicted molar refractivity (Wildman–Crippen MR) is 147 cm³/mol. The number of fused-ring (bicyclic) bond motifs is 4. The lowest BCUT2D eigenvalue weighted by atomic mass is 9.76. The van der Waals surface area contributed by atoms with Crippen molar-refractivity contribution in [1.29, 1.82) is 0 Å². The van der Waals surface area contributed by atoms with Crippen molar-refractivity contribution in [3.05, 3.63) is 112 Å². The van der Waals surface area contributed by atoms with Crippen molar-refractivity contribution >= 4 is 51.5 Å². The summed E-state index contributed by atoms with van der Waals surface area (Å²) in [5.41, 5.74) is 3.24. The number of carboxylic acid groups (broad SMARTS) is 1. The van der Waals surface area contributed by atoms with E-state index in [0.717, 1.165) is 28.4 Å². The van der Waals surface area contributed by atoms with Crippen LogP contribution in [-0.4, -0.2) is 26.6 Å². The minimum absolute atomic E-state index is 0.0445. The number of anilines is 1. The number of nitro benzene ring substituents is 1. The second kappa shape index (κ2) is 9.39. The van der Waals surface area contributed by atoms with Crippen molar-refractivity contribution in [2.24, 2.45) is 5.92 Å². The molecule has 1 fully saturated rings. The molecule has 5 atom stereocenters. The van der Waals surface area contributed by atoms with Gasteiger partial charge in [0, 0.05) is 22.9 Å². The number of nitrogens with one attached hydrogen (secondary N) is 1. The van der Waals surface area contributed by atoms with Crippen LogP contribution in [0.3, 0.4) is 0 Å². The number of hydrogen-bond acceptors (Lipinski definition) is 5. The summed E-state index contributed by atoms with van der Waals surface area (Å²) >= 11 is 8.65. The number of carboxylic acids is 1. The van der Waals surface area contributed by atoms with Gasteiger partial charge in [0.2, 0.25) is 0 Å². The summed E-state index contributed by atoms with van der Waals surface area (Å²) in [6.07, 6.45) is 0.729. The van der Waals surface area contributed by atoms with Gasteiger partial charge in [0.1, 0.15) is 0 Å². The van der Waals surface area contributed by atoms with Gasteiger partial charge >= 0.3 is 5.97 Å². The molecular formula is C29H23ClN2O4S. The molecule has 0 unspecified atom stereocenters. The Labute approximate surface area is 222 Å². The molecule has 1 saturated carbocycles. The van der Waals surface area contributed by atoms with Crippen molar-refractivity contribution in [1.82, 2.24) is 0 Å². The summed E-state index contributed by atoms with van der Waals surface area (Å²) in [4.78, 5) is 23.7. The Kier molecular flexibility index (Phi) is 6.05. The Bertz CT molecular complexity index is 1540. The van der Waals surface area contributed by atoms with Crippen molar-refractivity contribution in [3.63, 3.8) is 0 Å².